The van der Waals surface area contributed by atoms with Crippen molar-refractivity contribution in [3.63, 3.8) is 0 Å². The molecule has 1 unspecified atom stereocenters. The summed E-state index contributed by atoms with van der Waals surface area (Å²) in [5, 5.41) is 3.65. The molecule has 0 aliphatic rings. The van der Waals surface area contributed by atoms with Gasteiger partial charge in [0.1, 0.15) is 5.82 Å². The fraction of sp³-hybridized carbons (Fsp3) is 0.214. The summed E-state index contributed by atoms with van der Waals surface area (Å²) < 4.78 is 14.0. The van der Waals surface area contributed by atoms with E-state index < -0.39 is 0 Å². The second-order valence-corrected chi connectivity index (χ2v) is 4.32. The highest BCUT2D eigenvalue weighted by Crippen LogP contribution is 2.30. The molecule has 0 saturated heterocycles. The summed E-state index contributed by atoms with van der Waals surface area (Å²) in [6.07, 6.45) is 3.41. The Bertz CT molecular complexity index is 496. The molecule has 1 heterocycles. The zero-order chi connectivity index (χ0) is 13.0. The van der Waals surface area contributed by atoms with E-state index >= 15 is 0 Å². The third-order valence-electron chi connectivity index (χ3n) is 2.71. The monoisotopic (exact) mass is 264 g/mol. The van der Waals surface area contributed by atoms with Crippen molar-refractivity contribution in [2.45, 2.75) is 13.0 Å². The quantitative estimate of drug-likeness (QED) is 0.913. The average molecular weight is 265 g/mol. The predicted octanol–water partition coefficient (Wildman–Crippen LogP) is 3.57. The number of aromatic nitrogens is 1. The number of hydrogen-bond donors (Lipinski definition) is 1. The van der Waals surface area contributed by atoms with Gasteiger partial charge in [-0.15, -0.1) is 0 Å². The first-order valence-electron chi connectivity index (χ1n) is 5.81. The number of pyridine rings is 1. The van der Waals surface area contributed by atoms with Gasteiger partial charge in [0.15, 0.2) is 0 Å². The molecule has 1 aromatic carbocycles. The lowest BCUT2D eigenvalue weighted by atomic mass is 9.99. The summed E-state index contributed by atoms with van der Waals surface area (Å²) >= 11 is 6.11. The van der Waals surface area contributed by atoms with Crippen molar-refractivity contribution in [3.05, 3.63) is 64.7 Å². The second kappa shape index (κ2) is 5.94. The van der Waals surface area contributed by atoms with Gasteiger partial charge >= 0.3 is 0 Å². The zero-order valence-electron chi connectivity index (χ0n) is 10.0. The van der Waals surface area contributed by atoms with Crippen molar-refractivity contribution in [1.29, 1.82) is 0 Å². The molecular formula is C14H14ClFN2. The van der Waals surface area contributed by atoms with E-state index in [1.165, 1.54) is 6.07 Å². The molecule has 2 nitrogen and oxygen atoms in total. The normalized spacial score (nSPS) is 12.4. The maximum absolute atomic E-state index is 14.0. The summed E-state index contributed by atoms with van der Waals surface area (Å²) in [7, 11) is 0. The van der Waals surface area contributed by atoms with E-state index in [2.05, 4.69) is 10.3 Å². The Morgan fingerprint density at radius 2 is 2.17 bits per heavy atom. The van der Waals surface area contributed by atoms with Gasteiger partial charge in [-0.05, 0) is 30.3 Å². The highest BCUT2D eigenvalue weighted by atomic mass is 35.5. The predicted molar refractivity (Wildman–Crippen MR) is 71.2 cm³/mol. The molecule has 1 N–H and O–H groups in total. The SMILES string of the molecule is CCNC(c1cccnc1)c1c(F)cccc1Cl. The molecule has 2 rings (SSSR count). The number of hydrogen-bond acceptors (Lipinski definition) is 2. The molecule has 2 aromatic rings. The Morgan fingerprint density at radius 1 is 1.33 bits per heavy atom. The number of nitrogens with zero attached hydrogens (tertiary/aromatic N) is 1. The fourth-order valence-corrected chi connectivity index (χ4v) is 2.20. The topological polar surface area (TPSA) is 24.9 Å². The summed E-state index contributed by atoms with van der Waals surface area (Å²) in [5.41, 5.74) is 1.36. The molecule has 0 bridgehead atoms. The average Bonchev–Trinajstić information content (AvgIpc) is 2.38. The van der Waals surface area contributed by atoms with Gasteiger partial charge in [0.05, 0.1) is 6.04 Å². The third kappa shape index (κ3) is 2.68. The minimum atomic E-state index is -0.308. The third-order valence-corrected chi connectivity index (χ3v) is 3.04. The van der Waals surface area contributed by atoms with E-state index in [9.17, 15) is 4.39 Å². The van der Waals surface area contributed by atoms with Crippen LogP contribution in [-0.2, 0) is 0 Å². The summed E-state index contributed by atoms with van der Waals surface area (Å²) in [4.78, 5) is 4.07. The molecule has 0 radical (unpaired) electrons. The lowest BCUT2D eigenvalue weighted by Crippen LogP contribution is -2.23. The molecule has 18 heavy (non-hydrogen) atoms. The van der Waals surface area contributed by atoms with E-state index in [0.29, 0.717) is 17.1 Å². The molecular weight excluding hydrogens is 251 g/mol. The van der Waals surface area contributed by atoms with Gasteiger partial charge in [-0.1, -0.05) is 30.7 Å². The van der Waals surface area contributed by atoms with Crippen molar-refractivity contribution >= 4 is 11.6 Å². The molecule has 1 atom stereocenters. The molecule has 4 heteroatoms. The van der Waals surface area contributed by atoms with Gasteiger partial charge in [-0.2, -0.15) is 0 Å². The molecule has 0 aliphatic carbocycles. The first kappa shape index (κ1) is 13.0. The largest absolute Gasteiger partial charge is 0.306 e. The standard InChI is InChI=1S/C14H14ClFN2/c1-2-18-14(10-5-4-8-17-9-10)13-11(15)6-3-7-12(13)16/h3-9,14,18H,2H2,1H3. The van der Waals surface area contributed by atoms with Crippen LogP contribution < -0.4 is 5.32 Å². The zero-order valence-corrected chi connectivity index (χ0v) is 10.8. The first-order valence-corrected chi connectivity index (χ1v) is 6.19. The highest BCUT2D eigenvalue weighted by molar-refractivity contribution is 6.31. The van der Waals surface area contributed by atoms with Crippen LogP contribution in [0.4, 0.5) is 4.39 Å². The maximum Gasteiger partial charge on any atom is 0.129 e. The Hall–Kier alpha value is -1.45. The van der Waals surface area contributed by atoms with Crippen LogP contribution in [0, 0.1) is 5.82 Å². The van der Waals surface area contributed by atoms with E-state index in [4.69, 9.17) is 11.6 Å². The molecule has 0 aliphatic heterocycles. The van der Waals surface area contributed by atoms with Gasteiger partial charge in [0.2, 0.25) is 0 Å². The Labute approximate surface area is 111 Å². The number of nitrogens with one attached hydrogen (secondary N) is 1. The van der Waals surface area contributed by atoms with Crippen molar-refractivity contribution in [1.82, 2.24) is 10.3 Å². The van der Waals surface area contributed by atoms with Crippen LogP contribution in [0.3, 0.4) is 0 Å². The second-order valence-electron chi connectivity index (χ2n) is 3.91. The Kier molecular flexibility index (Phi) is 4.28. The lowest BCUT2D eigenvalue weighted by molar-refractivity contribution is 0.558. The van der Waals surface area contributed by atoms with Crippen molar-refractivity contribution in [2.75, 3.05) is 6.54 Å². The minimum absolute atomic E-state index is 0.280. The molecule has 1 aromatic heterocycles. The van der Waals surface area contributed by atoms with Crippen molar-refractivity contribution in [2.24, 2.45) is 0 Å². The smallest absolute Gasteiger partial charge is 0.129 e. The van der Waals surface area contributed by atoms with E-state index in [1.807, 2.05) is 19.1 Å². The molecule has 0 fully saturated rings. The van der Waals surface area contributed by atoms with Gasteiger partial charge in [0.25, 0.3) is 0 Å². The summed E-state index contributed by atoms with van der Waals surface area (Å²) in [6, 6.07) is 8.17. The van der Waals surface area contributed by atoms with Gasteiger partial charge in [-0.3, -0.25) is 4.98 Å². The lowest BCUT2D eigenvalue weighted by Gasteiger charge is -2.20. The first-order chi connectivity index (χ1) is 8.74. The van der Waals surface area contributed by atoms with E-state index in [1.54, 1.807) is 24.5 Å². The fourth-order valence-electron chi connectivity index (χ4n) is 1.92. The van der Waals surface area contributed by atoms with E-state index in [0.717, 1.165) is 5.56 Å². The summed E-state index contributed by atoms with van der Waals surface area (Å²) in [5.74, 6) is -0.308. The number of benzene rings is 1. The molecule has 0 spiro atoms. The maximum atomic E-state index is 14.0. The molecule has 94 valence electrons. The number of rotatable bonds is 4. The van der Waals surface area contributed by atoms with Gasteiger partial charge < -0.3 is 5.32 Å². The van der Waals surface area contributed by atoms with Crippen LogP contribution in [0.1, 0.15) is 24.1 Å². The van der Waals surface area contributed by atoms with Gasteiger partial charge in [-0.25, -0.2) is 4.39 Å². The van der Waals surface area contributed by atoms with Crippen LogP contribution in [0.15, 0.2) is 42.7 Å². The van der Waals surface area contributed by atoms with E-state index in [-0.39, 0.29) is 11.9 Å². The molecule has 0 saturated carbocycles. The minimum Gasteiger partial charge on any atom is -0.306 e. The van der Waals surface area contributed by atoms with Gasteiger partial charge in [0, 0.05) is 23.0 Å². The Balaban J connectivity index is 2.48. The van der Waals surface area contributed by atoms with Crippen LogP contribution in [-0.4, -0.2) is 11.5 Å². The van der Waals surface area contributed by atoms with Crippen LogP contribution in [0.2, 0.25) is 5.02 Å². The van der Waals surface area contributed by atoms with Crippen molar-refractivity contribution in [3.8, 4) is 0 Å². The molecule has 0 amide bonds. The van der Waals surface area contributed by atoms with Crippen LogP contribution in [0.5, 0.6) is 0 Å². The Morgan fingerprint density at radius 3 is 2.78 bits per heavy atom. The van der Waals surface area contributed by atoms with Crippen LogP contribution in [0.25, 0.3) is 0 Å². The summed E-state index contributed by atoms with van der Waals surface area (Å²) in [6.45, 7) is 2.68. The van der Waals surface area contributed by atoms with Crippen molar-refractivity contribution < 1.29 is 4.39 Å². The highest BCUT2D eigenvalue weighted by Gasteiger charge is 2.19. The van der Waals surface area contributed by atoms with Crippen LogP contribution >= 0.6 is 11.6 Å². The number of halogens is 2.